The Morgan fingerprint density at radius 3 is 2.00 bits per heavy atom. The van der Waals surface area contributed by atoms with Crippen LogP contribution in [0, 0.1) is 0 Å². The van der Waals surface area contributed by atoms with E-state index < -0.39 is 10.1 Å². The summed E-state index contributed by atoms with van der Waals surface area (Å²) in [5, 5.41) is 0. The van der Waals surface area contributed by atoms with Gasteiger partial charge in [-0.2, -0.15) is 8.42 Å². The second-order valence-electron chi connectivity index (χ2n) is 2.49. The van der Waals surface area contributed by atoms with Crippen LogP contribution in [0.1, 0.15) is 13.3 Å². The maximum atomic E-state index is 10.4. The molecular formula is C10H14O3S. The summed E-state index contributed by atoms with van der Waals surface area (Å²) in [6.07, 6.45) is 2.96. The molecule has 0 aliphatic heterocycles. The summed E-state index contributed by atoms with van der Waals surface area (Å²) in [7, 11) is -4.00. The average molecular weight is 214 g/mol. The quantitative estimate of drug-likeness (QED) is 0.608. The largest absolute Gasteiger partial charge is 0.294 e. The Labute approximate surface area is 84.8 Å². The van der Waals surface area contributed by atoms with Gasteiger partial charge in [0.25, 0.3) is 10.1 Å². The minimum atomic E-state index is -4.00. The van der Waals surface area contributed by atoms with Gasteiger partial charge in [-0.15, -0.1) is 6.58 Å². The Kier molecular flexibility index (Phi) is 5.83. The highest BCUT2D eigenvalue weighted by molar-refractivity contribution is 7.85. The maximum Gasteiger partial charge on any atom is 0.294 e. The first-order valence-corrected chi connectivity index (χ1v) is 5.59. The first-order valence-electron chi connectivity index (χ1n) is 4.15. The Morgan fingerprint density at radius 2 is 1.79 bits per heavy atom. The van der Waals surface area contributed by atoms with E-state index >= 15 is 0 Å². The van der Waals surface area contributed by atoms with E-state index in [1.165, 1.54) is 12.1 Å². The molecule has 0 saturated carbocycles. The average Bonchev–Trinajstić information content (AvgIpc) is 2.18. The van der Waals surface area contributed by atoms with E-state index in [1.807, 2.05) is 6.08 Å². The van der Waals surface area contributed by atoms with Crippen LogP contribution in [0.25, 0.3) is 0 Å². The molecule has 0 aliphatic rings. The molecule has 3 nitrogen and oxygen atoms in total. The van der Waals surface area contributed by atoms with Gasteiger partial charge >= 0.3 is 0 Å². The van der Waals surface area contributed by atoms with Crippen LogP contribution in [-0.4, -0.2) is 13.0 Å². The second-order valence-corrected chi connectivity index (χ2v) is 3.91. The summed E-state index contributed by atoms with van der Waals surface area (Å²) >= 11 is 0. The molecule has 0 spiro atoms. The molecule has 1 rings (SSSR count). The molecule has 0 amide bonds. The van der Waals surface area contributed by atoms with Gasteiger partial charge in [0.15, 0.2) is 0 Å². The van der Waals surface area contributed by atoms with Crippen LogP contribution >= 0.6 is 0 Å². The van der Waals surface area contributed by atoms with E-state index in [0.717, 1.165) is 6.42 Å². The summed E-state index contributed by atoms with van der Waals surface area (Å²) in [5.74, 6) is 0. The third-order valence-corrected chi connectivity index (χ3v) is 2.20. The van der Waals surface area contributed by atoms with E-state index in [0.29, 0.717) is 0 Å². The molecule has 1 aromatic carbocycles. The van der Waals surface area contributed by atoms with Crippen LogP contribution < -0.4 is 0 Å². The van der Waals surface area contributed by atoms with Crippen molar-refractivity contribution in [1.82, 2.24) is 0 Å². The lowest BCUT2D eigenvalue weighted by atomic mass is 10.4. The summed E-state index contributed by atoms with van der Waals surface area (Å²) in [6, 6.07) is 7.42. The Balaban J connectivity index is 0.000000364. The fourth-order valence-electron chi connectivity index (χ4n) is 0.592. The van der Waals surface area contributed by atoms with E-state index in [-0.39, 0.29) is 4.90 Å². The number of hydrogen-bond donors (Lipinski definition) is 1. The first-order chi connectivity index (χ1) is 6.52. The molecule has 0 saturated heterocycles. The fraction of sp³-hybridized carbons (Fsp3) is 0.200. The van der Waals surface area contributed by atoms with Gasteiger partial charge in [0.2, 0.25) is 0 Å². The molecule has 1 N–H and O–H groups in total. The van der Waals surface area contributed by atoms with Gasteiger partial charge in [-0.3, -0.25) is 4.55 Å². The zero-order valence-corrected chi connectivity index (χ0v) is 8.87. The van der Waals surface area contributed by atoms with E-state index in [1.54, 1.807) is 18.2 Å². The zero-order valence-electron chi connectivity index (χ0n) is 8.05. The van der Waals surface area contributed by atoms with Gasteiger partial charge < -0.3 is 0 Å². The number of allylic oxidation sites excluding steroid dienone is 1. The predicted molar refractivity (Wildman–Crippen MR) is 56.7 cm³/mol. The van der Waals surface area contributed by atoms with Gasteiger partial charge in [0, 0.05) is 0 Å². The van der Waals surface area contributed by atoms with Crippen molar-refractivity contribution in [3.8, 4) is 0 Å². The molecule has 0 atom stereocenters. The Hall–Kier alpha value is -1.13. The monoisotopic (exact) mass is 214 g/mol. The van der Waals surface area contributed by atoms with Crippen molar-refractivity contribution in [2.45, 2.75) is 18.2 Å². The van der Waals surface area contributed by atoms with Gasteiger partial charge in [0.05, 0.1) is 4.90 Å². The van der Waals surface area contributed by atoms with Crippen molar-refractivity contribution >= 4 is 10.1 Å². The highest BCUT2D eigenvalue weighted by atomic mass is 32.2. The second kappa shape index (κ2) is 6.34. The summed E-state index contributed by atoms with van der Waals surface area (Å²) in [5.41, 5.74) is 0. The normalized spacial score (nSPS) is 9.86. The van der Waals surface area contributed by atoms with Crippen molar-refractivity contribution in [3.05, 3.63) is 43.0 Å². The van der Waals surface area contributed by atoms with Crippen molar-refractivity contribution in [1.29, 1.82) is 0 Å². The van der Waals surface area contributed by atoms with Crippen LogP contribution in [0.2, 0.25) is 0 Å². The molecular weight excluding hydrogens is 200 g/mol. The molecule has 14 heavy (non-hydrogen) atoms. The van der Waals surface area contributed by atoms with E-state index in [9.17, 15) is 8.42 Å². The molecule has 0 unspecified atom stereocenters. The van der Waals surface area contributed by atoms with Crippen LogP contribution in [0.3, 0.4) is 0 Å². The van der Waals surface area contributed by atoms with Crippen molar-refractivity contribution in [2.24, 2.45) is 0 Å². The van der Waals surface area contributed by atoms with E-state index in [2.05, 4.69) is 13.5 Å². The zero-order chi connectivity index (χ0) is 11.0. The van der Waals surface area contributed by atoms with Gasteiger partial charge in [-0.05, 0) is 18.6 Å². The third-order valence-electron chi connectivity index (χ3n) is 1.33. The molecule has 1 aromatic rings. The van der Waals surface area contributed by atoms with Crippen LogP contribution in [0.15, 0.2) is 47.9 Å². The van der Waals surface area contributed by atoms with Gasteiger partial charge in [-0.25, -0.2) is 0 Å². The SMILES string of the molecule is C=CCC.O=S(=O)(O)c1ccccc1. The highest BCUT2D eigenvalue weighted by Crippen LogP contribution is 2.05. The summed E-state index contributed by atoms with van der Waals surface area (Å²) in [6.45, 7) is 5.54. The minimum absolute atomic E-state index is 0.0741. The van der Waals surface area contributed by atoms with Crippen molar-refractivity contribution in [3.63, 3.8) is 0 Å². The number of benzene rings is 1. The molecule has 0 heterocycles. The lowest BCUT2D eigenvalue weighted by Crippen LogP contribution is -1.96. The van der Waals surface area contributed by atoms with Crippen molar-refractivity contribution in [2.75, 3.05) is 0 Å². The molecule has 0 bridgehead atoms. The highest BCUT2D eigenvalue weighted by Gasteiger charge is 2.05. The molecule has 0 radical (unpaired) electrons. The molecule has 0 aromatic heterocycles. The Morgan fingerprint density at radius 1 is 1.36 bits per heavy atom. The number of rotatable bonds is 2. The molecule has 0 aliphatic carbocycles. The van der Waals surface area contributed by atoms with Crippen LogP contribution in [0.4, 0.5) is 0 Å². The van der Waals surface area contributed by atoms with Crippen LogP contribution in [-0.2, 0) is 10.1 Å². The lowest BCUT2D eigenvalue weighted by Gasteiger charge is -1.92. The predicted octanol–water partition coefficient (Wildman–Crippen LogP) is 2.52. The standard InChI is InChI=1S/C6H6O3S.C4H8/c7-10(8,9)6-4-2-1-3-5-6;1-3-4-2/h1-5H,(H,7,8,9);3H,1,4H2,2H3. The molecule has 78 valence electrons. The topological polar surface area (TPSA) is 54.4 Å². The summed E-state index contributed by atoms with van der Waals surface area (Å²) < 4.78 is 29.2. The minimum Gasteiger partial charge on any atom is -0.282 e. The molecule has 0 fully saturated rings. The van der Waals surface area contributed by atoms with Gasteiger partial charge in [0.1, 0.15) is 0 Å². The lowest BCUT2D eigenvalue weighted by molar-refractivity contribution is 0.483. The number of hydrogen-bond acceptors (Lipinski definition) is 2. The first kappa shape index (κ1) is 12.9. The van der Waals surface area contributed by atoms with Gasteiger partial charge in [-0.1, -0.05) is 31.2 Å². The third kappa shape index (κ3) is 5.50. The maximum absolute atomic E-state index is 10.4. The fourth-order valence-corrected chi connectivity index (χ4v) is 1.09. The smallest absolute Gasteiger partial charge is 0.282 e. The molecule has 4 heteroatoms. The summed E-state index contributed by atoms with van der Waals surface area (Å²) in [4.78, 5) is -0.0741. The van der Waals surface area contributed by atoms with Crippen molar-refractivity contribution < 1.29 is 13.0 Å². The van der Waals surface area contributed by atoms with E-state index in [4.69, 9.17) is 4.55 Å². The Bertz CT molecular complexity index is 354. The van der Waals surface area contributed by atoms with Crippen LogP contribution in [0.5, 0.6) is 0 Å².